The van der Waals surface area contributed by atoms with Crippen molar-refractivity contribution in [1.82, 2.24) is 14.8 Å². The maximum atomic E-state index is 12.5. The predicted molar refractivity (Wildman–Crippen MR) is 97.5 cm³/mol. The van der Waals surface area contributed by atoms with Gasteiger partial charge >= 0.3 is 17.8 Å². The normalized spacial score (nSPS) is 14.5. The number of hydrogen-bond donors (Lipinski definition) is 0. The number of aryl methyl sites for hydroxylation is 1. The highest BCUT2D eigenvalue weighted by molar-refractivity contribution is 7.13. The fraction of sp³-hybridized carbons (Fsp3) is 0.158. The third-order valence-electron chi connectivity index (χ3n) is 4.20. The Morgan fingerprint density at radius 1 is 1.00 bits per heavy atom. The van der Waals surface area contributed by atoms with Gasteiger partial charge in [-0.3, -0.25) is 9.59 Å². The molecule has 3 heterocycles. The van der Waals surface area contributed by atoms with Gasteiger partial charge in [-0.25, -0.2) is 19.6 Å². The molecule has 8 heteroatoms. The van der Waals surface area contributed by atoms with Crippen molar-refractivity contribution in [2.24, 2.45) is 0 Å². The lowest BCUT2D eigenvalue weighted by Crippen LogP contribution is -2.32. The van der Waals surface area contributed by atoms with Crippen LogP contribution in [0.25, 0.3) is 10.6 Å². The van der Waals surface area contributed by atoms with E-state index >= 15 is 0 Å². The number of thiazole rings is 1. The Kier molecular flexibility index (Phi) is 4.33. The van der Waals surface area contributed by atoms with Gasteiger partial charge in [0.05, 0.1) is 25.0 Å². The molecule has 0 N–H and O–H groups in total. The van der Waals surface area contributed by atoms with Crippen molar-refractivity contribution in [3.05, 3.63) is 65.1 Å². The fourth-order valence-corrected chi connectivity index (χ4v) is 3.57. The number of benzene rings is 1. The summed E-state index contributed by atoms with van der Waals surface area (Å²) >= 11 is 1.43. The van der Waals surface area contributed by atoms with Crippen molar-refractivity contribution in [2.45, 2.75) is 20.0 Å². The number of amides is 4. The van der Waals surface area contributed by atoms with E-state index in [2.05, 4.69) is 4.98 Å². The molecule has 1 fully saturated rings. The number of carbonyl (C=O) groups is 3. The summed E-state index contributed by atoms with van der Waals surface area (Å²) in [5.74, 6) is -1.27. The number of rotatable bonds is 5. The molecule has 0 atom stereocenters. The Bertz CT molecular complexity index is 1010. The molecule has 0 spiro atoms. The van der Waals surface area contributed by atoms with E-state index in [9.17, 15) is 14.4 Å². The van der Waals surface area contributed by atoms with Crippen LogP contribution in [0, 0.1) is 6.92 Å². The van der Waals surface area contributed by atoms with Crippen LogP contribution in [0.1, 0.15) is 17.0 Å². The first-order valence-corrected chi connectivity index (χ1v) is 9.12. The van der Waals surface area contributed by atoms with Gasteiger partial charge in [0, 0.05) is 10.9 Å². The summed E-state index contributed by atoms with van der Waals surface area (Å²) in [6, 6.07) is 10.6. The summed E-state index contributed by atoms with van der Waals surface area (Å²) in [6.45, 7) is 1.89. The van der Waals surface area contributed by atoms with E-state index in [1.807, 2.05) is 31.2 Å². The number of carbonyl (C=O) groups excluding carboxylic acids is 3. The molecule has 1 aliphatic rings. The molecule has 0 aliphatic carbocycles. The lowest BCUT2D eigenvalue weighted by Gasteiger charge is -2.13. The van der Waals surface area contributed by atoms with Gasteiger partial charge in [-0.2, -0.15) is 0 Å². The van der Waals surface area contributed by atoms with E-state index in [0.717, 1.165) is 25.9 Å². The molecule has 3 aromatic rings. The fourth-order valence-electron chi connectivity index (χ4n) is 2.76. The molecule has 4 rings (SSSR count). The molecule has 1 saturated heterocycles. The second-order valence-electron chi connectivity index (χ2n) is 6.15. The molecule has 0 bridgehead atoms. The number of aromatic nitrogens is 1. The smallest absolute Gasteiger partial charge is 0.335 e. The van der Waals surface area contributed by atoms with E-state index in [1.54, 1.807) is 17.5 Å². The molecule has 0 unspecified atom stereocenters. The van der Waals surface area contributed by atoms with Gasteiger partial charge in [0.1, 0.15) is 10.8 Å². The zero-order valence-corrected chi connectivity index (χ0v) is 15.2. The van der Waals surface area contributed by atoms with Crippen LogP contribution in [0.5, 0.6) is 0 Å². The summed E-state index contributed by atoms with van der Waals surface area (Å²) in [5.41, 5.74) is 2.68. The lowest BCUT2D eigenvalue weighted by atomic mass is 10.2. The number of furan rings is 1. The molecule has 27 heavy (non-hydrogen) atoms. The van der Waals surface area contributed by atoms with Crippen LogP contribution in [-0.4, -0.2) is 32.6 Å². The summed E-state index contributed by atoms with van der Waals surface area (Å²) in [7, 11) is 0. The van der Waals surface area contributed by atoms with Crippen molar-refractivity contribution < 1.29 is 18.8 Å². The van der Waals surface area contributed by atoms with Crippen LogP contribution >= 0.6 is 11.3 Å². The van der Waals surface area contributed by atoms with Gasteiger partial charge < -0.3 is 4.42 Å². The van der Waals surface area contributed by atoms with Crippen LogP contribution in [0.3, 0.4) is 0 Å². The standard InChI is InChI=1S/C19H15N3O4S/c1-12-4-6-13(7-5-12)16-20-14(11-27-16)9-21-17(23)18(24)22(19(21)25)10-15-3-2-8-26-15/h2-8,11H,9-10H2,1H3. The number of nitrogens with zero attached hydrogens (tertiary/aromatic N) is 3. The first kappa shape index (κ1) is 17.2. The maximum absolute atomic E-state index is 12.5. The van der Waals surface area contributed by atoms with Crippen molar-refractivity contribution in [3.63, 3.8) is 0 Å². The summed E-state index contributed by atoms with van der Waals surface area (Å²) in [6.07, 6.45) is 1.45. The summed E-state index contributed by atoms with van der Waals surface area (Å²) in [4.78, 5) is 43.2. The Morgan fingerprint density at radius 3 is 2.37 bits per heavy atom. The van der Waals surface area contributed by atoms with Crippen LogP contribution in [0.15, 0.2) is 52.5 Å². The molecule has 136 valence electrons. The molecule has 1 aromatic carbocycles. The third-order valence-corrected chi connectivity index (χ3v) is 5.14. The zero-order chi connectivity index (χ0) is 19.0. The van der Waals surface area contributed by atoms with Crippen LogP contribution in [-0.2, 0) is 22.7 Å². The minimum Gasteiger partial charge on any atom is -0.467 e. The van der Waals surface area contributed by atoms with Crippen LogP contribution in [0.4, 0.5) is 4.79 Å². The maximum Gasteiger partial charge on any atom is 0.335 e. The Balaban J connectivity index is 1.51. The van der Waals surface area contributed by atoms with Crippen LogP contribution < -0.4 is 0 Å². The van der Waals surface area contributed by atoms with E-state index in [1.165, 1.54) is 17.6 Å². The van der Waals surface area contributed by atoms with Crippen molar-refractivity contribution in [3.8, 4) is 10.6 Å². The van der Waals surface area contributed by atoms with E-state index in [0.29, 0.717) is 11.5 Å². The Hall–Kier alpha value is -3.26. The quantitative estimate of drug-likeness (QED) is 0.501. The first-order valence-electron chi connectivity index (χ1n) is 8.24. The summed E-state index contributed by atoms with van der Waals surface area (Å²) in [5, 5.41) is 2.58. The highest BCUT2D eigenvalue weighted by Gasteiger charge is 2.44. The minimum absolute atomic E-state index is 0.0412. The second-order valence-corrected chi connectivity index (χ2v) is 7.01. The second kappa shape index (κ2) is 6.81. The SMILES string of the molecule is Cc1ccc(-c2nc(CN3C(=O)C(=O)N(Cc4ccco4)C3=O)cs2)cc1. The number of hydrogen-bond acceptors (Lipinski definition) is 6. The molecule has 4 amide bonds. The number of imide groups is 2. The molecule has 2 aromatic heterocycles. The molecule has 7 nitrogen and oxygen atoms in total. The van der Waals surface area contributed by atoms with Gasteiger partial charge in [-0.15, -0.1) is 11.3 Å². The van der Waals surface area contributed by atoms with Crippen molar-refractivity contribution >= 4 is 29.2 Å². The van der Waals surface area contributed by atoms with Gasteiger partial charge in [0.25, 0.3) is 0 Å². The van der Waals surface area contributed by atoms with Crippen molar-refractivity contribution in [2.75, 3.05) is 0 Å². The average Bonchev–Trinajstić information content (AvgIpc) is 3.38. The predicted octanol–water partition coefficient (Wildman–Crippen LogP) is 3.20. The van der Waals surface area contributed by atoms with Crippen LogP contribution in [0.2, 0.25) is 0 Å². The van der Waals surface area contributed by atoms with Crippen molar-refractivity contribution in [1.29, 1.82) is 0 Å². The minimum atomic E-state index is -0.856. The van der Waals surface area contributed by atoms with Gasteiger partial charge in [0.15, 0.2) is 0 Å². The summed E-state index contributed by atoms with van der Waals surface area (Å²) < 4.78 is 5.15. The van der Waals surface area contributed by atoms with E-state index < -0.39 is 17.8 Å². The van der Waals surface area contributed by atoms with Gasteiger partial charge in [-0.05, 0) is 19.1 Å². The number of urea groups is 1. The first-order chi connectivity index (χ1) is 13.0. The topological polar surface area (TPSA) is 83.7 Å². The highest BCUT2D eigenvalue weighted by Crippen LogP contribution is 2.26. The Morgan fingerprint density at radius 2 is 1.70 bits per heavy atom. The highest BCUT2D eigenvalue weighted by atomic mass is 32.1. The van der Waals surface area contributed by atoms with E-state index in [-0.39, 0.29) is 13.1 Å². The monoisotopic (exact) mass is 381 g/mol. The largest absolute Gasteiger partial charge is 0.467 e. The molecule has 0 radical (unpaired) electrons. The molecular weight excluding hydrogens is 366 g/mol. The van der Waals surface area contributed by atoms with E-state index in [4.69, 9.17) is 4.42 Å². The molecule has 1 aliphatic heterocycles. The molecule has 0 saturated carbocycles. The lowest BCUT2D eigenvalue weighted by molar-refractivity contribution is -0.143. The Labute approximate surface area is 158 Å². The zero-order valence-electron chi connectivity index (χ0n) is 14.4. The van der Waals surface area contributed by atoms with Gasteiger partial charge in [0.2, 0.25) is 0 Å². The average molecular weight is 381 g/mol. The van der Waals surface area contributed by atoms with Gasteiger partial charge in [-0.1, -0.05) is 29.8 Å². The molecular formula is C19H15N3O4S. The third kappa shape index (κ3) is 3.26.